The normalized spacial score (nSPS) is 11.7. The van der Waals surface area contributed by atoms with Gasteiger partial charge in [0.1, 0.15) is 11.5 Å². The van der Waals surface area contributed by atoms with Gasteiger partial charge in [0.2, 0.25) is 0 Å². The summed E-state index contributed by atoms with van der Waals surface area (Å²) in [5, 5.41) is 3.31. The van der Waals surface area contributed by atoms with Crippen LogP contribution in [-0.2, 0) is 21.3 Å². The van der Waals surface area contributed by atoms with Crippen LogP contribution in [0.15, 0.2) is 40.8 Å². The Kier molecular flexibility index (Phi) is 8.54. The van der Waals surface area contributed by atoms with Gasteiger partial charge >= 0.3 is 0 Å². The second kappa shape index (κ2) is 10.6. The number of benzene rings is 1. The van der Waals surface area contributed by atoms with Crippen molar-refractivity contribution in [3.63, 3.8) is 0 Å². The Morgan fingerprint density at radius 3 is 2.57 bits per heavy atom. The van der Waals surface area contributed by atoms with E-state index in [4.69, 9.17) is 16.0 Å². The summed E-state index contributed by atoms with van der Waals surface area (Å²) in [4.78, 5) is 13.6. The van der Waals surface area contributed by atoms with Crippen molar-refractivity contribution >= 4 is 27.3 Å². The number of nitrogens with one attached hydrogen (secondary N) is 2. The molecule has 8 heteroatoms. The van der Waals surface area contributed by atoms with E-state index < -0.39 is 9.84 Å². The van der Waals surface area contributed by atoms with Crippen LogP contribution >= 0.6 is 11.6 Å². The maximum atomic E-state index is 12.4. The molecule has 0 aliphatic rings. The van der Waals surface area contributed by atoms with E-state index in [-0.39, 0.29) is 28.9 Å². The second-order valence-corrected chi connectivity index (χ2v) is 9.25. The van der Waals surface area contributed by atoms with E-state index in [0.717, 1.165) is 26.1 Å². The highest BCUT2D eigenvalue weighted by molar-refractivity contribution is 7.89. The van der Waals surface area contributed by atoms with Crippen LogP contribution in [0.2, 0.25) is 5.02 Å². The Bertz CT molecular complexity index is 876. The van der Waals surface area contributed by atoms with Gasteiger partial charge in [0.25, 0.3) is 5.91 Å². The molecule has 0 aliphatic carbocycles. The SMILES string of the molecule is CC[NH+](CC)CCCNC(=O)c1ccc(CS(=O)(=O)Cc2cccc(Cl)c2)o1. The van der Waals surface area contributed by atoms with Gasteiger partial charge in [-0.2, -0.15) is 0 Å². The number of hydrogen-bond acceptors (Lipinski definition) is 4. The largest absolute Gasteiger partial charge is 0.455 e. The first-order valence-electron chi connectivity index (χ1n) is 9.48. The number of halogens is 1. The number of amides is 1. The van der Waals surface area contributed by atoms with E-state index in [2.05, 4.69) is 19.2 Å². The van der Waals surface area contributed by atoms with Crippen molar-refractivity contribution < 1.29 is 22.5 Å². The summed E-state index contributed by atoms with van der Waals surface area (Å²) in [6, 6.07) is 9.78. The molecule has 0 saturated heterocycles. The number of rotatable bonds is 11. The molecule has 1 amide bonds. The standard InChI is InChI=1S/C20H27ClN2O4S/c1-3-23(4-2)12-6-11-22-20(24)19-10-9-18(27-19)15-28(25,26)14-16-7-5-8-17(21)13-16/h5,7-10,13H,3-4,6,11-12,14-15H2,1-2H3,(H,22,24)/p+1. The number of furan rings is 1. The first-order chi connectivity index (χ1) is 13.3. The molecule has 0 bridgehead atoms. The molecule has 154 valence electrons. The van der Waals surface area contributed by atoms with Crippen LogP contribution in [0.25, 0.3) is 0 Å². The Morgan fingerprint density at radius 2 is 1.89 bits per heavy atom. The minimum atomic E-state index is -3.44. The number of carbonyl (C=O) groups is 1. The van der Waals surface area contributed by atoms with E-state index in [1.807, 2.05) is 0 Å². The average molecular weight is 428 g/mol. The monoisotopic (exact) mass is 427 g/mol. The summed E-state index contributed by atoms with van der Waals surface area (Å²) in [7, 11) is -3.44. The highest BCUT2D eigenvalue weighted by Crippen LogP contribution is 2.17. The van der Waals surface area contributed by atoms with Crippen LogP contribution < -0.4 is 10.2 Å². The molecule has 0 saturated carbocycles. The van der Waals surface area contributed by atoms with Crippen LogP contribution in [0.5, 0.6) is 0 Å². The Hall–Kier alpha value is -1.83. The van der Waals surface area contributed by atoms with Gasteiger partial charge in [-0.15, -0.1) is 0 Å². The fraction of sp³-hybridized carbons (Fsp3) is 0.450. The molecule has 6 nitrogen and oxygen atoms in total. The molecule has 1 heterocycles. The Labute approximate surface area is 171 Å². The molecule has 0 fully saturated rings. The molecular formula is C20H28ClN2O4S+. The second-order valence-electron chi connectivity index (χ2n) is 6.74. The first kappa shape index (κ1) is 22.5. The van der Waals surface area contributed by atoms with Gasteiger partial charge in [-0.25, -0.2) is 8.42 Å². The lowest BCUT2D eigenvalue weighted by molar-refractivity contribution is -0.896. The van der Waals surface area contributed by atoms with E-state index in [1.165, 1.54) is 17.0 Å². The molecular weight excluding hydrogens is 400 g/mol. The first-order valence-corrected chi connectivity index (χ1v) is 11.7. The van der Waals surface area contributed by atoms with E-state index in [0.29, 0.717) is 17.1 Å². The van der Waals surface area contributed by atoms with E-state index in [9.17, 15) is 13.2 Å². The highest BCUT2D eigenvalue weighted by atomic mass is 35.5. The van der Waals surface area contributed by atoms with Gasteiger partial charge in [-0.05, 0) is 43.7 Å². The van der Waals surface area contributed by atoms with Gasteiger partial charge in [-0.3, -0.25) is 4.79 Å². The topological polar surface area (TPSA) is 80.8 Å². The Balaban J connectivity index is 1.86. The van der Waals surface area contributed by atoms with E-state index >= 15 is 0 Å². The third-order valence-electron chi connectivity index (χ3n) is 4.52. The minimum absolute atomic E-state index is 0.128. The van der Waals surface area contributed by atoms with E-state index in [1.54, 1.807) is 24.3 Å². The molecule has 0 atom stereocenters. The average Bonchev–Trinajstić information content (AvgIpc) is 3.09. The molecule has 0 spiro atoms. The van der Waals surface area contributed by atoms with Crippen LogP contribution in [0.3, 0.4) is 0 Å². The molecule has 1 aromatic heterocycles. The predicted molar refractivity (Wildman–Crippen MR) is 110 cm³/mol. The smallest absolute Gasteiger partial charge is 0.286 e. The summed E-state index contributed by atoms with van der Waals surface area (Å²) < 4.78 is 30.2. The number of quaternary nitrogens is 1. The lowest BCUT2D eigenvalue weighted by atomic mass is 10.2. The fourth-order valence-electron chi connectivity index (χ4n) is 2.96. The van der Waals surface area contributed by atoms with Crippen molar-refractivity contribution in [2.45, 2.75) is 31.8 Å². The number of sulfone groups is 1. The van der Waals surface area contributed by atoms with Crippen LogP contribution in [-0.4, -0.2) is 40.5 Å². The summed E-state index contributed by atoms with van der Waals surface area (Å²) in [5.41, 5.74) is 0.618. The van der Waals surface area contributed by atoms with Gasteiger partial charge in [0.05, 0.1) is 25.4 Å². The molecule has 0 aliphatic heterocycles. The number of carbonyl (C=O) groups excluding carboxylic acids is 1. The van der Waals surface area contributed by atoms with Crippen molar-refractivity contribution in [3.8, 4) is 0 Å². The van der Waals surface area contributed by atoms with Crippen molar-refractivity contribution in [2.75, 3.05) is 26.2 Å². The molecule has 2 N–H and O–H groups in total. The van der Waals surface area contributed by atoms with Crippen molar-refractivity contribution in [1.82, 2.24) is 5.32 Å². The van der Waals surface area contributed by atoms with Crippen molar-refractivity contribution in [2.24, 2.45) is 0 Å². The summed E-state index contributed by atoms with van der Waals surface area (Å²) in [6.45, 7) is 7.97. The maximum Gasteiger partial charge on any atom is 0.286 e. The molecule has 0 unspecified atom stereocenters. The number of hydrogen-bond donors (Lipinski definition) is 2. The predicted octanol–water partition coefficient (Wildman–Crippen LogP) is 2.09. The summed E-state index contributed by atoms with van der Waals surface area (Å²) in [5.74, 6) is -0.349. The summed E-state index contributed by atoms with van der Waals surface area (Å²) >= 11 is 5.90. The van der Waals surface area contributed by atoms with Gasteiger partial charge < -0.3 is 14.6 Å². The third kappa shape index (κ3) is 7.30. The zero-order valence-electron chi connectivity index (χ0n) is 16.3. The lowest BCUT2D eigenvalue weighted by Crippen LogP contribution is -3.11. The summed E-state index contributed by atoms with van der Waals surface area (Å²) in [6.07, 6.45) is 0.879. The third-order valence-corrected chi connectivity index (χ3v) is 6.25. The molecule has 1 aromatic carbocycles. The molecule has 28 heavy (non-hydrogen) atoms. The van der Waals surface area contributed by atoms with Gasteiger partial charge in [0, 0.05) is 18.0 Å². The molecule has 2 aromatic rings. The van der Waals surface area contributed by atoms with Crippen LogP contribution in [0.1, 0.15) is 42.1 Å². The zero-order valence-corrected chi connectivity index (χ0v) is 17.9. The maximum absolute atomic E-state index is 12.4. The highest BCUT2D eigenvalue weighted by Gasteiger charge is 2.18. The van der Waals surface area contributed by atoms with Crippen molar-refractivity contribution in [1.29, 1.82) is 0 Å². The van der Waals surface area contributed by atoms with Crippen LogP contribution in [0, 0.1) is 0 Å². The Morgan fingerprint density at radius 1 is 1.14 bits per heavy atom. The quantitative estimate of drug-likeness (QED) is 0.538. The molecule has 0 radical (unpaired) electrons. The van der Waals surface area contributed by atoms with Gasteiger partial charge in [-0.1, -0.05) is 23.7 Å². The zero-order chi connectivity index (χ0) is 20.6. The van der Waals surface area contributed by atoms with Gasteiger partial charge in [0.15, 0.2) is 15.6 Å². The lowest BCUT2D eigenvalue weighted by Gasteiger charge is -2.14. The molecule has 2 rings (SSSR count). The van der Waals surface area contributed by atoms with Crippen LogP contribution in [0.4, 0.5) is 0 Å². The minimum Gasteiger partial charge on any atom is -0.455 e. The fourth-order valence-corrected chi connectivity index (χ4v) is 4.55. The van der Waals surface area contributed by atoms with Crippen molar-refractivity contribution in [3.05, 3.63) is 58.5 Å².